The minimum Gasteiger partial charge on any atom is -0.371 e. The molecule has 6 heteroatoms. The zero-order valence-corrected chi connectivity index (χ0v) is 19.9. The molecule has 2 aromatic rings. The van der Waals surface area contributed by atoms with Gasteiger partial charge in [0.15, 0.2) is 0 Å². The Morgan fingerprint density at radius 3 is 2.61 bits per heavy atom. The van der Waals surface area contributed by atoms with Crippen molar-refractivity contribution in [1.29, 1.82) is 0 Å². The average Bonchev–Trinajstić information content (AvgIpc) is 2.78. The van der Waals surface area contributed by atoms with Gasteiger partial charge in [0.2, 0.25) is 0 Å². The standard InChI is InChI=1S/C23H29ClN4O.C2H6/c1-4-6-17-11-13-28(14-12-17)20-15-18(24)8-9-19(20)23(29)27-21-10-7-16(3)22(26-21)25-5-2;1-2/h4,7-10,15,17H,1,5-6,11-14H2,2-3H3,(H2,25,26,27,29);1-2H3. The number of pyridine rings is 1. The summed E-state index contributed by atoms with van der Waals surface area (Å²) in [5, 5.41) is 6.79. The van der Waals surface area contributed by atoms with E-state index in [1.165, 1.54) is 0 Å². The molecule has 1 saturated heterocycles. The molecule has 168 valence electrons. The molecule has 1 aliphatic rings. The number of aryl methyl sites for hydroxylation is 1. The van der Waals surface area contributed by atoms with E-state index in [0.29, 0.717) is 22.3 Å². The fourth-order valence-corrected chi connectivity index (χ4v) is 3.90. The number of nitrogens with one attached hydrogen (secondary N) is 2. The van der Waals surface area contributed by atoms with E-state index in [1.807, 2.05) is 52.0 Å². The first-order chi connectivity index (χ1) is 15.0. The van der Waals surface area contributed by atoms with Crippen LogP contribution in [0.4, 0.5) is 17.3 Å². The maximum absolute atomic E-state index is 13.1. The lowest BCUT2D eigenvalue weighted by Gasteiger charge is -2.34. The second-order valence-corrected chi connectivity index (χ2v) is 7.90. The lowest BCUT2D eigenvalue weighted by molar-refractivity contribution is 0.102. The Labute approximate surface area is 191 Å². The predicted octanol–water partition coefficient (Wildman–Crippen LogP) is 6.55. The number of carbonyl (C=O) groups is 1. The zero-order valence-electron chi connectivity index (χ0n) is 19.2. The first kappa shape index (κ1) is 24.7. The SMILES string of the molecule is C=CCC1CCN(c2cc(Cl)ccc2C(=O)Nc2ccc(C)c(NCC)n2)CC1.CC. The largest absolute Gasteiger partial charge is 0.371 e. The molecule has 0 bridgehead atoms. The normalized spacial score (nSPS) is 13.8. The molecular weight excluding hydrogens is 408 g/mol. The van der Waals surface area contributed by atoms with Crippen molar-refractivity contribution in [3.63, 3.8) is 0 Å². The average molecular weight is 443 g/mol. The second kappa shape index (κ2) is 12.4. The summed E-state index contributed by atoms with van der Waals surface area (Å²) in [6, 6.07) is 9.22. The van der Waals surface area contributed by atoms with Crippen LogP contribution in [0.3, 0.4) is 0 Å². The Balaban J connectivity index is 0.00000166. The Morgan fingerprint density at radius 1 is 1.26 bits per heavy atom. The van der Waals surface area contributed by atoms with Gasteiger partial charge in [-0.05, 0) is 68.9 Å². The highest BCUT2D eigenvalue weighted by molar-refractivity contribution is 6.31. The first-order valence-electron chi connectivity index (χ1n) is 11.2. The highest BCUT2D eigenvalue weighted by Gasteiger charge is 2.23. The van der Waals surface area contributed by atoms with Crippen LogP contribution < -0.4 is 15.5 Å². The lowest BCUT2D eigenvalue weighted by atomic mass is 9.93. The van der Waals surface area contributed by atoms with Crippen LogP contribution in [0.15, 0.2) is 43.0 Å². The molecule has 0 atom stereocenters. The summed E-state index contributed by atoms with van der Waals surface area (Å²) < 4.78 is 0. The summed E-state index contributed by atoms with van der Waals surface area (Å²) in [5.41, 5.74) is 2.54. The molecule has 1 amide bonds. The van der Waals surface area contributed by atoms with E-state index in [0.717, 1.165) is 56.0 Å². The molecule has 1 aromatic carbocycles. The monoisotopic (exact) mass is 442 g/mol. The van der Waals surface area contributed by atoms with Gasteiger partial charge in [-0.1, -0.05) is 37.6 Å². The van der Waals surface area contributed by atoms with Crippen LogP contribution in [0, 0.1) is 12.8 Å². The van der Waals surface area contributed by atoms with Crippen LogP contribution >= 0.6 is 11.6 Å². The van der Waals surface area contributed by atoms with E-state index in [4.69, 9.17) is 11.6 Å². The minimum atomic E-state index is -0.177. The molecule has 0 spiro atoms. The summed E-state index contributed by atoms with van der Waals surface area (Å²) in [7, 11) is 0. The predicted molar refractivity (Wildman–Crippen MR) is 134 cm³/mol. The number of amides is 1. The van der Waals surface area contributed by atoms with Crippen LogP contribution in [-0.4, -0.2) is 30.5 Å². The van der Waals surface area contributed by atoms with E-state index in [2.05, 4.69) is 27.1 Å². The molecule has 2 heterocycles. The number of hydrogen-bond donors (Lipinski definition) is 2. The summed E-state index contributed by atoms with van der Waals surface area (Å²) >= 11 is 6.26. The van der Waals surface area contributed by atoms with E-state index < -0.39 is 0 Å². The summed E-state index contributed by atoms with van der Waals surface area (Å²) in [4.78, 5) is 19.8. The fraction of sp³-hybridized carbons (Fsp3) is 0.440. The lowest BCUT2D eigenvalue weighted by Crippen LogP contribution is -2.35. The quantitative estimate of drug-likeness (QED) is 0.477. The molecule has 1 fully saturated rings. The zero-order chi connectivity index (χ0) is 22.8. The van der Waals surface area contributed by atoms with Gasteiger partial charge < -0.3 is 15.5 Å². The van der Waals surface area contributed by atoms with Gasteiger partial charge in [-0.25, -0.2) is 4.98 Å². The van der Waals surface area contributed by atoms with E-state index >= 15 is 0 Å². The molecule has 0 unspecified atom stereocenters. The highest BCUT2D eigenvalue weighted by Crippen LogP contribution is 2.31. The van der Waals surface area contributed by atoms with Gasteiger partial charge in [-0.3, -0.25) is 4.79 Å². The Morgan fingerprint density at radius 2 is 1.97 bits per heavy atom. The molecule has 0 radical (unpaired) electrons. The van der Waals surface area contributed by atoms with Gasteiger partial charge in [-0.15, -0.1) is 6.58 Å². The number of hydrogen-bond acceptors (Lipinski definition) is 4. The number of carbonyl (C=O) groups excluding carboxylic acids is 1. The van der Waals surface area contributed by atoms with Crippen molar-refractivity contribution < 1.29 is 4.79 Å². The second-order valence-electron chi connectivity index (χ2n) is 7.46. The Hall–Kier alpha value is -2.53. The number of piperidine rings is 1. The molecule has 3 rings (SSSR count). The number of rotatable bonds is 7. The topological polar surface area (TPSA) is 57.3 Å². The summed E-state index contributed by atoms with van der Waals surface area (Å²) in [6.07, 6.45) is 5.22. The van der Waals surface area contributed by atoms with Crippen molar-refractivity contribution in [2.75, 3.05) is 35.2 Å². The van der Waals surface area contributed by atoms with Crippen LogP contribution in [0.25, 0.3) is 0 Å². The van der Waals surface area contributed by atoms with Crippen molar-refractivity contribution in [1.82, 2.24) is 4.98 Å². The molecule has 31 heavy (non-hydrogen) atoms. The van der Waals surface area contributed by atoms with Gasteiger partial charge in [0.1, 0.15) is 11.6 Å². The van der Waals surface area contributed by atoms with Gasteiger partial charge in [0.25, 0.3) is 5.91 Å². The summed E-state index contributed by atoms with van der Waals surface area (Å²) in [6.45, 7) is 14.4. The molecule has 0 aliphatic carbocycles. The van der Waals surface area contributed by atoms with Crippen LogP contribution in [0.1, 0.15) is 56.0 Å². The molecule has 2 N–H and O–H groups in total. The smallest absolute Gasteiger partial charge is 0.258 e. The van der Waals surface area contributed by atoms with Crippen molar-refractivity contribution >= 4 is 34.8 Å². The molecule has 1 aromatic heterocycles. The van der Waals surface area contributed by atoms with Crippen LogP contribution in [0.5, 0.6) is 0 Å². The molecular formula is C25H35ClN4O. The van der Waals surface area contributed by atoms with Crippen LogP contribution in [0.2, 0.25) is 5.02 Å². The van der Waals surface area contributed by atoms with E-state index in [9.17, 15) is 4.79 Å². The molecule has 1 aliphatic heterocycles. The minimum absolute atomic E-state index is 0.177. The number of nitrogens with zero attached hydrogens (tertiary/aromatic N) is 2. The van der Waals surface area contributed by atoms with Crippen molar-refractivity contribution in [2.24, 2.45) is 5.92 Å². The van der Waals surface area contributed by atoms with Crippen molar-refractivity contribution in [2.45, 2.75) is 47.0 Å². The summed E-state index contributed by atoms with van der Waals surface area (Å²) in [5.74, 6) is 1.80. The van der Waals surface area contributed by atoms with Crippen molar-refractivity contribution in [3.05, 3.63) is 59.1 Å². The maximum atomic E-state index is 13.1. The maximum Gasteiger partial charge on any atom is 0.258 e. The van der Waals surface area contributed by atoms with Gasteiger partial charge in [0.05, 0.1) is 11.3 Å². The Kier molecular flexibility index (Phi) is 9.86. The van der Waals surface area contributed by atoms with Gasteiger partial charge >= 0.3 is 0 Å². The Bertz CT molecular complexity index is 876. The molecule has 0 saturated carbocycles. The highest BCUT2D eigenvalue weighted by atomic mass is 35.5. The number of aromatic nitrogens is 1. The third-order valence-electron chi connectivity index (χ3n) is 5.34. The number of benzene rings is 1. The molecule has 5 nitrogen and oxygen atoms in total. The number of anilines is 3. The fourth-order valence-electron chi connectivity index (χ4n) is 3.73. The first-order valence-corrected chi connectivity index (χ1v) is 11.6. The van der Waals surface area contributed by atoms with E-state index in [1.54, 1.807) is 12.1 Å². The van der Waals surface area contributed by atoms with E-state index in [-0.39, 0.29) is 5.91 Å². The third kappa shape index (κ3) is 6.73. The number of allylic oxidation sites excluding steroid dienone is 1. The third-order valence-corrected chi connectivity index (χ3v) is 5.58. The van der Waals surface area contributed by atoms with Crippen LogP contribution in [-0.2, 0) is 0 Å². The van der Waals surface area contributed by atoms with Crippen molar-refractivity contribution in [3.8, 4) is 0 Å². The van der Waals surface area contributed by atoms with Gasteiger partial charge in [0, 0.05) is 24.7 Å². The van der Waals surface area contributed by atoms with Gasteiger partial charge in [-0.2, -0.15) is 0 Å². The number of halogens is 1.